The minimum atomic E-state index is 0.0371. The highest BCUT2D eigenvalue weighted by Crippen LogP contribution is 2.26. The van der Waals surface area contributed by atoms with Gasteiger partial charge in [0.2, 0.25) is 5.91 Å². The average molecular weight is 316 g/mol. The molecule has 0 bridgehead atoms. The Kier molecular flexibility index (Phi) is 4.95. The molecule has 2 heterocycles. The van der Waals surface area contributed by atoms with Gasteiger partial charge in [-0.05, 0) is 37.8 Å². The molecular formula is C17H20N2O2S. The third kappa shape index (κ3) is 3.59. The fourth-order valence-electron chi connectivity index (χ4n) is 2.84. The first-order valence-corrected chi connectivity index (χ1v) is 8.17. The number of hydrogen-bond acceptors (Lipinski definition) is 4. The Hall–Kier alpha value is -1.59. The number of para-hydroxylation sites is 1. The second-order valence-corrected chi connectivity index (χ2v) is 6.09. The van der Waals surface area contributed by atoms with E-state index in [1.165, 1.54) is 0 Å². The molecule has 4 nitrogen and oxygen atoms in total. The Morgan fingerprint density at radius 3 is 3.14 bits per heavy atom. The van der Waals surface area contributed by atoms with Crippen LogP contribution in [0.15, 0.2) is 35.4 Å². The summed E-state index contributed by atoms with van der Waals surface area (Å²) in [6, 6.07) is 7.59. The van der Waals surface area contributed by atoms with Crippen LogP contribution in [0.1, 0.15) is 32.1 Å². The number of ether oxygens (including phenoxy) is 1. The maximum atomic E-state index is 12.1. The molecule has 2 aromatic rings. The predicted molar refractivity (Wildman–Crippen MR) is 90.4 cm³/mol. The predicted octanol–water partition coefficient (Wildman–Crippen LogP) is 3.81. The smallest absolute Gasteiger partial charge is 0.224 e. The zero-order valence-corrected chi connectivity index (χ0v) is 13.3. The van der Waals surface area contributed by atoms with Crippen LogP contribution in [0.4, 0.5) is 5.69 Å². The summed E-state index contributed by atoms with van der Waals surface area (Å²) >= 11 is 4.41. The third-order valence-corrected chi connectivity index (χ3v) is 4.34. The van der Waals surface area contributed by atoms with Gasteiger partial charge >= 0.3 is 0 Å². The number of amides is 1. The van der Waals surface area contributed by atoms with Gasteiger partial charge in [-0.15, -0.1) is 12.6 Å². The monoisotopic (exact) mass is 316 g/mol. The molecule has 1 fully saturated rings. The first-order valence-electron chi connectivity index (χ1n) is 7.72. The Morgan fingerprint density at radius 1 is 1.41 bits per heavy atom. The lowest BCUT2D eigenvalue weighted by Gasteiger charge is -2.11. The molecule has 1 aromatic heterocycles. The van der Waals surface area contributed by atoms with E-state index in [9.17, 15) is 4.79 Å². The summed E-state index contributed by atoms with van der Waals surface area (Å²) in [7, 11) is 0. The maximum Gasteiger partial charge on any atom is 0.224 e. The van der Waals surface area contributed by atoms with Gasteiger partial charge in [-0.1, -0.05) is 12.1 Å². The van der Waals surface area contributed by atoms with E-state index >= 15 is 0 Å². The first kappa shape index (κ1) is 15.3. The van der Waals surface area contributed by atoms with Crippen LogP contribution in [0.3, 0.4) is 0 Å². The lowest BCUT2D eigenvalue weighted by Crippen LogP contribution is -2.13. The van der Waals surface area contributed by atoms with E-state index in [2.05, 4.69) is 22.9 Å². The topological polar surface area (TPSA) is 51.2 Å². The van der Waals surface area contributed by atoms with Crippen molar-refractivity contribution in [1.82, 2.24) is 4.98 Å². The Balaban J connectivity index is 1.60. The van der Waals surface area contributed by atoms with Gasteiger partial charge in [0.25, 0.3) is 0 Å². The summed E-state index contributed by atoms with van der Waals surface area (Å²) in [6.07, 6.45) is 6.66. The molecule has 116 valence electrons. The third-order valence-electron chi connectivity index (χ3n) is 3.98. The van der Waals surface area contributed by atoms with Crippen LogP contribution in [-0.4, -0.2) is 23.6 Å². The molecule has 1 saturated heterocycles. The van der Waals surface area contributed by atoms with Crippen LogP contribution >= 0.6 is 12.6 Å². The molecule has 0 saturated carbocycles. The summed E-state index contributed by atoms with van der Waals surface area (Å²) < 4.78 is 5.58. The van der Waals surface area contributed by atoms with Crippen molar-refractivity contribution >= 4 is 35.1 Å². The van der Waals surface area contributed by atoms with E-state index in [1.54, 1.807) is 6.20 Å². The molecule has 1 aliphatic rings. The zero-order valence-electron chi connectivity index (χ0n) is 12.4. The number of benzene rings is 1. The number of nitrogens with zero attached hydrogens (tertiary/aromatic N) is 1. The number of aromatic nitrogens is 1. The molecule has 3 rings (SSSR count). The molecule has 0 aliphatic carbocycles. The number of pyridine rings is 1. The number of rotatable bonds is 5. The van der Waals surface area contributed by atoms with Crippen LogP contribution in [0.2, 0.25) is 0 Å². The van der Waals surface area contributed by atoms with Crippen LogP contribution in [0.5, 0.6) is 0 Å². The summed E-state index contributed by atoms with van der Waals surface area (Å²) in [5.74, 6) is 0.0371. The molecule has 1 atom stereocenters. The SMILES string of the molecule is O=C(CCCC1CCCO1)Nc1ccnc2c(S)cccc12. The second-order valence-electron chi connectivity index (χ2n) is 5.61. The van der Waals surface area contributed by atoms with Gasteiger partial charge in [0.05, 0.1) is 17.3 Å². The number of fused-ring (bicyclic) bond motifs is 1. The second kappa shape index (κ2) is 7.11. The van der Waals surface area contributed by atoms with E-state index in [0.717, 1.165) is 53.8 Å². The minimum absolute atomic E-state index is 0.0371. The molecule has 1 aliphatic heterocycles. The van der Waals surface area contributed by atoms with Crippen LogP contribution in [0, 0.1) is 0 Å². The largest absolute Gasteiger partial charge is 0.378 e. The van der Waals surface area contributed by atoms with Crippen molar-refractivity contribution in [3.63, 3.8) is 0 Å². The maximum absolute atomic E-state index is 12.1. The van der Waals surface area contributed by atoms with E-state index in [4.69, 9.17) is 4.74 Å². The Labute approximate surface area is 135 Å². The van der Waals surface area contributed by atoms with Crippen LogP contribution in [-0.2, 0) is 9.53 Å². The molecular weight excluding hydrogens is 296 g/mol. The van der Waals surface area contributed by atoms with Gasteiger partial charge < -0.3 is 10.1 Å². The van der Waals surface area contributed by atoms with Gasteiger partial charge in [0, 0.05) is 29.5 Å². The Morgan fingerprint density at radius 2 is 2.32 bits per heavy atom. The van der Waals surface area contributed by atoms with Crippen molar-refractivity contribution in [3.05, 3.63) is 30.5 Å². The highest BCUT2D eigenvalue weighted by molar-refractivity contribution is 7.80. The van der Waals surface area contributed by atoms with Gasteiger partial charge in [-0.3, -0.25) is 9.78 Å². The zero-order chi connectivity index (χ0) is 15.4. The van der Waals surface area contributed by atoms with Gasteiger partial charge in [-0.25, -0.2) is 0 Å². The van der Waals surface area contributed by atoms with Gasteiger partial charge in [-0.2, -0.15) is 0 Å². The lowest BCUT2D eigenvalue weighted by molar-refractivity contribution is -0.116. The van der Waals surface area contributed by atoms with Crippen LogP contribution in [0.25, 0.3) is 10.9 Å². The first-order chi connectivity index (χ1) is 10.7. The Bertz CT molecular complexity index is 669. The van der Waals surface area contributed by atoms with Crippen molar-refractivity contribution in [1.29, 1.82) is 0 Å². The van der Waals surface area contributed by atoms with E-state index < -0.39 is 0 Å². The van der Waals surface area contributed by atoms with Crippen molar-refractivity contribution in [2.45, 2.75) is 43.1 Å². The quantitative estimate of drug-likeness (QED) is 0.825. The van der Waals surface area contributed by atoms with Gasteiger partial charge in [0.1, 0.15) is 0 Å². The number of carbonyl (C=O) groups is 1. The minimum Gasteiger partial charge on any atom is -0.378 e. The summed E-state index contributed by atoms with van der Waals surface area (Å²) in [6.45, 7) is 0.867. The molecule has 1 amide bonds. The van der Waals surface area contributed by atoms with Crippen molar-refractivity contribution in [2.24, 2.45) is 0 Å². The molecule has 0 spiro atoms. The molecule has 1 aromatic carbocycles. The van der Waals surface area contributed by atoms with E-state index in [1.807, 2.05) is 24.3 Å². The standard InChI is InChI=1S/C17H20N2O2S/c20-16(8-1-4-12-5-3-11-21-12)19-14-9-10-18-17-13(14)6-2-7-15(17)22/h2,6-7,9-10,12,22H,1,3-5,8,11H2,(H,18,19,20). The molecule has 1 unspecified atom stereocenters. The highest BCUT2D eigenvalue weighted by atomic mass is 32.1. The average Bonchev–Trinajstić information content (AvgIpc) is 3.02. The number of anilines is 1. The fourth-order valence-corrected chi connectivity index (χ4v) is 3.11. The van der Waals surface area contributed by atoms with Gasteiger partial charge in [0.15, 0.2) is 0 Å². The van der Waals surface area contributed by atoms with Crippen molar-refractivity contribution in [3.8, 4) is 0 Å². The summed E-state index contributed by atoms with van der Waals surface area (Å²) in [4.78, 5) is 17.3. The van der Waals surface area contributed by atoms with Crippen molar-refractivity contribution < 1.29 is 9.53 Å². The number of carbonyl (C=O) groups excluding carboxylic acids is 1. The molecule has 1 N–H and O–H groups in total. The lowest BCUT2D eigenvalue weighted by atomic mass is 10.1. The summed E-state index contributed by atoms with van der Waals surface area (Å²) in [5, 5.41) is 3.90. The highest BCUT2D eigenvalue weighted by Gasteiger charge is 2.15. The molecule has 5 heteroatoms. The molecule has 22 heavy (non-hydrogen) atoms. The summed E-state index contributed by atoms with van der Waals surface area (Å²) in [5.41, 5.74) is 1.60. The number of thiol groups is 1. The number of hydrogen-bond donors (Lipinski definition) is 2. The normalized spacial score (nSPS) is 17.8. The number of nitrogens with one attached hydrogen (secondary N) is 1. The van der Waals surface area contributed by atoms with Crippen molar-refractivity contribution in [2.75, 3.05) is 11.9 Å². The van der Waals surface area contributed by atoms with E-state index in [0.29, 0.717) is 12.5 Å². The fraction of sp³-hybridized carbons (Fsp3) is 0.412. The molecule has 0 radical (unpaired) electrons. The van der Waals surface area contributed by atoms with E-state index in [-0.39, 0.29) is 5.91 Å². The van der Waals surface area contributed by atoms with Crippen LogP contribution < -0.4 is 5.32 Å².